The highest BCUT2D eigenvalue weighted by atomic mass is 16.1. The largest absolute Gasteiger partial charge is 0.371 e. The van der Waals surface area contributed by atoms with Crippen LogP contribution in [0.15, 0.2) is 42.5 Å². The van der Waals surface area contributed by atoms with E-state index in [0.29, 0.717) is 6.42 Å². The van der Waals surface area contributed by atoms with Crippen molar-refractivity contribution in [2.75, 3.05) is 23.3 Å². The van der Waals surface area contributed by atoms with Crippen molar-refractivity contribution < 1.29 is 4.79 Å². The number of rotatable bonds is 6. The van der Waals surface area contributed by atoms with Crippen LogP contribution in [0.25, 0.3) is 0 Å². The van der Waals surface area contributed by atoms with Crippen molar-refractivity contribution in [3.05, 3.63) is 59.2 Å². The topological polar surface area (TPSA) is 32.3 Å². The summed E-state index contributed by atoms with van der Waals surface area (Å²) in [5.41, 5.74) is 5.61. The molecule has 0 bridgehead atoms. The molecule has 0 atom stereocenters. The van der Waals surface area contributed by atoms with Crippen LogP contribution >= 0.6 is 0 Å². The van der Waals surface area contributed by atoms with Gasteiger partial charge in [-0.25, -0.2) is 0 Å². The summed E-state index contributed by atoms with van der Waals surface area (Å²) < 4.78 is 0. The van der Waals surface area contributed by atoms with Crippen molar-refractivity contribution in [1.29, 1.82) is 0 Å². The Labute approximate surface area is 139 Å². The molecule has 0 saturated carbocycles. The SMILES string of the molecule is CCN(CCC(=O)Nc1cc(C)cc(C)c1)c1cccc(C)c1. The molecule has 3 heteroatoms. The van der Waals surface area contributed by atoms with Crippen molar-refractivity contribution in [3.63, 3.8) is 0 Å². The summed E-state index contributed by atoms with van der Waals surface area (Å²) in [5, 5.41) is 3.00. The van der Waals surface area contributed by atoms with E-state index in [2.05, 4.69) is 54.4 Å². The second-order valence-electron chi connectivity index (χ2n) is 6.09. The first kappa shape index (κ1) is 17.1. The zero-order chi connectivity index (χ0) is 16.8. The lowest BCUT2D eigenvalue weighted by Gasteiger charge is -2.23. The van der Waals surface area contributed by atoms with Gasteiger partial charge in [-0.05, 0) is 68.7 Å². The molecular weight excluding hydrogens is 284 g/mol. The van der Waals surface area contributed by atoms with Crippen molar-refractivity contribution in [1.82, 2.24) is 0 Å². The third kappa shape index (κ3) is 5.13. The van der Waals surface area contributed by atoms with E-state index in [4.69, 9.17) is 0 Å². The molecule has 3 nitrogen and oxygen atoms in total. The number of anilines is 2. The van der Waals surface area contributed by atoms with Gasteiger partial charge in [0.15, 0.2) is 0 Å². The van der Waals surface area contributed by atoms with E-state index in [1.807, 2.05) is 26.0 Å². The molecule has 0 heterocycles. The highest BCUT2D eigenvalue weighted by molar-refractivity contribution is 5.91. The summed E-state index contributed by atoms with van der Waals surface area (Å²) in [4.78, 5) is 14.4. The zero-order valence-corrected chi connectivity index (χ0v) is 14.5. The minimum atomic E-state index is 0.0566. The van der Waals surface area contributed by atoms with Crippen LogP contribution in [0.3, 0.4) is 0 Å². The number of hydrogen-bond acceptors (Lipinski definition) is 2. The van der Waals surface area contributed by atoms with Crippen LogP contribution in [0.4, 0.5) is 11.4 Å². The van der Waals surface area contributed by atoms with Crippen LogP contribution in [0.1, 0.15) is 30.0 Å². The lowest BCUT2D eigenvalue weighted by molar-refractivity contribution is -0.116. The number of nitrogens with one attached hydrogen (secondary N) is 1. The molecule has 2 aromatic carbocycles. The van der Waals surface area contributed by atoms with Gasteiger partial charge < -0.3 is 10.2 Å². The molecule has 0 aliphatic carbocycles. The third-order valence-electron chi connectivity index (χ3n) is 3.86. The number of carbonyl (C=O) groups is 1. The van der Waals surface area contributed by atoms with Crippen LogP contribution < -0.4 is 10.2 Å². The van der Waals surface area contributed by atoms with Crippen molar-refractivity contribution in [2.24, 2.45) is 0 Å². The van der Waals surface area contributed by atoms with E-state index < -0.39 is 0 Å². The molecular formula is C20H26N2O. The normalized spacial score (nSPS) is 10.4. The number of hydrogen-bond donors (Lipinski definition) is 1. The predicted molar refractivity (Wildman–Crippen MR) is 98.2 cm³/mol. The van der Waals surface area contributed by atoms with Crippen molar-refractivity contribution in [2.45, 2.75) is 34.1 Å². The Balaban J connectivity index is 1.94. The molecule has 0 fully saturated rings. The molecule has 0 spiro atoms. The van der Waals surface area contributed by atoms with E-state index in [0.717, 1.165) is 29.9 Å². The monoisotopic (exact) mass is 310 g/mol. The summed E-state index contributed by atoms with van der Waals surface area (Å²) in [6.45, 7) is 9.89. The lowest BCUT2D eigenvalue weighted by atomic mass is 10.1. The Morgan fingerprint density at radius 3 is 2.30 bits per heavy atom. The second-order valence-corrected chi connectivity index (χ2v) is 6.09. The first-order chi connectivity index (χ1) is 11.0. The van der Waals surface area contributed by atoms with Crippen LogP contribution in [0.2, 0.25) is 0 Å². The Kier molecular flexibility index (Phi) is 5.80. The van der Waals surface area contributed by atoms with Crippen LogP contribution in [0, 0.1) is 20.8 Å². The highest BCUT2D eigenvalue weighted by Gasteiger charge is 2.08. The maximum absolute atomic E-state index is 12.2. The van der Waals surface area contributed by atoms with Gasteiger partial charge >= 0.3 is 0 Å². The van der Waals surface area contributed by atoms with Gasteiger partial charge in [0.25, 0.3) is 0 Å². The molecule has 1 N–H and O–H groups in total. The molecule has 122 valence electrons. The van der Waals surface area contributed by atoms with Crippen LogP contribution in [0.5, 0.6) is 0 Å². The quantitative estimate of drug-likeness (QED) is 0.854. The van der Waals surface area contributed by atoms with Gasteiger partial charge in [0.2, 0.25) is 5.91 Å². The summed E-state index contributed by atoms with van der Waals surface area (Å²) in [6, 6.07) is 14.5. The number of benzene rings is 2. The Morgan fingerprint density at radius 1 is 1.00 bits per heavy atom. The molecule has 0 unspecified atom stereocenters. The number of carbonyl (C=O) groups excluding carboxylic acids is 1. The summed E-state index contributed by atoms with van der Waals surface area (Å²) in [6.07, 6.45) is 0.481. The predicted octanol–water partition coefficient (Wildman–Crippen LogP) is 4.47. The maximum Gasteiger partial charge on any atom is 0.226 e. The summed E-state index contributed by atoms with van der Waals surface area (Å²) in [5.74, 6) is 0.0566. The first-order valence-electron chi connectivity index (χ1n) is 8.17. The van der Waals surface area contributed by atoms with Crippen molar-refractivity contribution >= 4 is 17.3 Å². The van der Waals surface area contributed by atoms with E-state index in [1.54, 1.807) is 0 Å². The molecule has 0 aliphatic heterocycles. The number of amides is 1. The molecule has 0 radical (unpaired) electrons. The minimum Gasteiger partial charge on any atom is -0.371 e. The van der Waals surface area contributed by atoms with E-state index in [1.165, 1.54) is 11.3 Å². The Hall–Kier alpha value is -2.29. The number of aryl methyl sites for hydroxylation is 3. The van der Waals surface area contributed by atoms with Gasteiger partial charge in [-0.2, -0.15) is 0 Å². The molecule has 2 aromatic rings. The van der Waals surface area contributed by atoms with Gasteiger partial charge in [-0.15, -0.1) is 0 Å². The number of nitrogens with zero attached hydrogens (tertiary/aromatic N) is 1. The van der Waals surface area contributed by atoms with Gasteiger partial charge in [0, 0.05) is 30.9 Å². The van der Waals surface area contributed by atoms with Gasteiger partial charge in [0.05, 0.1) is 0 Å². The Morgan fingerprint density at radius 2 is 1.70 bits per heavy atom. The maximum atomic E-state index is 12.2. The van der Waals surface area contributed by atoms with E-state index >= 15 is 0 Å². The molecule has 0 aliphatic rings. The molecule has 0 aromatic heterocycles. The third-order valence-corrected chi connectivity index (χ3v) is 3.86. The summed E-state index contributed by atoms with van der Waals surface area (Å²) >= 11 is 0. The fourth-order valence-electron chi connectivity index (χ4n) is 2.80. The second kappa shape index (κ2) is 7.82. The average molecular weight is 310 g/mol. The molecule has 1 amide bonds. The molecule has 0 saturated heterocycles. The Bertz CT molecular complexity index is 659. The minimum absolute atomic E-state index is 0.0566. The molecule has 23 heavy (non-hydrogen) atoms. The highest BCUT2D eigenvalue weighted by Crippen LogP contribution is 2.17. The van der Waals surface area contributed by atoms with Gasteiger partial charge in [0.1, 0.15) is 0 Å². The fourth-order valence-corrected chi connectivity index (χ4v) is 2.80. The zero-order valence-electron chi connectivity index (χ0n) is 14.5. The summed E-state index contributed by atoms with van der Waals surface area (Å²) in [7, 11) is 0. The fraction of sp³-hybridized carbons (Fsp3) is 0.350. The lowest BCUT2D eigenvalue weighted by Crippen LogP contribution is -2.27. The smallest absolute Gasteiger partial charge is 0.226 e. The van der Waals surface area contributed by atoms with Crippen LogP contribution in [-0.4, -0.2) is 19.0 Å². The van der Waals surface area contributed by atoms with Gasteiger partial charge in [-0.3, -0.25) is 4.79 Å². The average Bonchev–Trinajstić information content (AvgIpc) is 2.46. The van der Waals surface area contributed by atoms with Gasteiger partial charge in [-0.1, -0.05) is 18.2 Å². The standard InChI is InChI=1S/C20H26N2O/c1-5-22(19-8-6-7-15(2)14-19)10-9-20(23)21-18-12-16(3)11-17(4)13-18/h6-8,11-14H,5,9-10H2,1-4H3,(H,21,23). The molecule has 2 rings (SSSR count). The van der Waals surface area contributed by atoms with E-state index in [-0.39, 0.29) is 5.91 Å². The van der Waals surface area contributed by atoms with Crippen LogP contribution in [-0.2, 0) is 4.79 Å². The van der Waals surface area contributed by atoms with Crippen molar-refractivity contribution in [3.8, 4) is 0 Å². The first-order valence-corrected chi connectivity index (χ1v) is 8.17. The van der Waals surface area contributed by atoms with E-state index in [9.17, 15) is 4.79 Å².